The van der Waals surface area contributed by atoms with E-state index >= 15 is 0 Å². The highest BCUT2D eigenvalue weighted by atomic mass is 16.3. The van der Waals surface area contributed by atoms with Gasteiger partial charge in [0.1, 0.15) is 5.75 Å². The van der Waals surface area contributed by atoms with Crippen molar-refractivity contribution in [2.75, 3.05) is 4.90 Å². The van der Waals surface area contributed by atoms with Gasteiger partial charge in [-0.3, -0.25) is 24.1 Å². The van der Waals surface area contributed by atoms with Gasteiger partial charge in [-0.1, -0.05) is 48.0 Å². The van der Waals surface area contributed by atoms with Gasteiger partial charge in [-0.05, 0) is 50.0 Å². The molecule has 6 heteroatoms. The van der Waals surface area contributed by atoms with Gasteiger partial charge in [-0.2, -0.15) is 0 Å². The van der Waals surface area contributed by atoms with Gasteiger partial charge in [-0.15, -0.1) is 0 Å². The molecule has 1 fully saturated rings. The van der Waals surface area contributed by atoms with Gasteiger partial charge < -0.3 is 5.11 Å². The van der Waals surface area contributed by atoms with Crippen molar-refractivity contribution in [3.63, 3.8) is 0 Å². The highest BCUT2D eigenvalue weighted by Crippen LogP contribution is 2.56. The van der Waals surface area contributed by atoms with E-state index in [1.807, 2.05) is 12.1 Å². The lowest BCUT2D eigenvalue weighted by atomic mass is 9.59. The number of aromatic hydroxyl groups is 1. The van der Waals surface area contributed by atoms with Crippen molar-refractivity contribution in [1.29, 1.82) is 0 Å². The molecular formula is C29H23NO5. The molecule has 0 radical (unpaired) electrons. The number of fused-ring (bicyclic) bond motifs is 3. The smallest absolute Gasteiger partial charge is 0.238 e. The number of para-hydroxylation sites is 2. The monoisotopic (exact) mass is 465 g/mol. The molecule has 4 aliphatic rings. The summed E-state index contributed by atoms with van der Waals surface area (Å²) in [4.78, 5) is 54.8. The van der Waals surface area contributed by atoms with Crippen molar-refractivity contribution in [3.8, 4) is 5.75 Å². The molecule has 6 rings (SSSR count). The summed E-state index contributed by atoms with van der Waals surface area (Å²) in [5, 5.41) is 10.7. The molecule has 0 bridgehead atoms. The number of hydrogen-bond acceptors (Lipinski definition) is 5. The molecule has 0 aromatic heterocycles. The Labute approximate surface area is 202 Å². The van der Waals surface area contributed by atoms with Crippen LogP contribution in [0.4, 0.5) is 5.69 Å². The van der Waals surface area contributed by atoms with Crippen molar-refractivity contribution in [2.24, 2.45) is 17.8 Å². The molecule has 2 aromatic rings. The van der Waals surface area contributed by atoms with E-state index in [2.05, 4.69) is 0 Å². The van der Waals surface area contributed by atoms with E-state index < -0.39 is 23.7 Å². The molecule has 4 atom stereocenters. The number of ketones is 2. The molecule has 1 aliphatic heterocycles. The molecule has 0 unspecified atom stereocenters. The molecule has 3 aliphatic carbocycles. The molecule has 2 amide bonds. The molecule has 1 heterocycles. The van der Waals surface area contributed by atoms with Crippen molar-refractivity contribution >= 4 is 29.1 Å². The Morgan fingerprint density at radius 1 is 0.886 bits per heavy atom. The van der Waals surface area contributed by atoms with Gasteiger partial charge in [0.15, 0.2) is 11.6 Å². The van der Waals surface area contributed by atoms with Crippen LogP contribution < -0.4 is 4.90 Å². The number of carbonyl (C=O) groups excluding carboxylic acids is 4. The second-order valence-electron chi connectivity index (χ2n) is 9.63. The quantitative estimate of drug-likeness (QED) is 0.411. The van der Waals surface area contributed by atoms with Crippen LogP contribution in [0.2, 0.25) is 0 Å². The average Bonchev–Trinajstić information content (AvgIpc) is 3.12. The standard InChI is InChI=1S/C29H23NO5/c1-15-13-23(32)26-21(27(15)33)14-20-17(24(26)18-9-5-6-10-22(18)31)11-12-19-25(20)29(35)30(28(19)34)16-7-3-2-4-8-16/h2-11,13,19-20,24-25,31H,12,14H2,1H3/t19-,20+,24+,25-/m0/s1. The van der Waals surface area contributed by atoms with E-state index in [-0.39, 0.29) is 35.6 Å². The number of Topliss-reactive ketones (excluding diaryl/α,β-unsaturated/α-hetero) is 1. The Kier molecular flexibility index (Phi) is 4.74. The first-order valence-corrected chi connectivity index (χ1v) is 11.8. The van der Waals surface area contributed by atoms with Crippen LogP contribution in [0.15, 0.2) is 89.0 Å². The van der Waals surface area contributed by atoms with E-state index in [1.54, 1.807) is 55.5 Å². The second-order valence-corrected chi connectivity index (χ2v) is 9.63. The van der Waals surface area contributed by atoms with Crippen LogP contribution >= 0.6 is 0 Å². The maximum atomic E-state index is 13.7. The molecule has 2 aromatic carbocycles. The van der Waals surface area contributed by atoms with E-state index in [9.17, 15) is 24.3 Å². The number of allylic oxidation sites excluding steroid dienone is 6. The van der Waals surface area contributed by atoms with Crippen LogP contribution in [0.5, 0.6) is 5.75 Å². The molecule has 174 valence electrons. The maximum Gasteiger partial charge on any atom is 0.238 e. The molecule has 0 saturated carbocycles. The van der Waals surface area contributed by atoms with E-state index in [1.165, 1.54) is 11.0 Å². The van der Waals surface area contributed by atoms with Crippen LogP contribution in [0.1, 0.15) is 31.2 Å². The minimum atomic E-state index is -0.639. The van der Waals surface area contributed by atoms with Gasteiger partial charge >= 0.3 is 0 Å². The summed E-state index contributed by atoms with van der Waals surface area (Å²) in [6.07, 6.45) is 3.91. The van der Waals surface area contributed by atoms with Crippen LogP contribution in [0.3, 0.4) is 0 Å². The fourth-order valence-electron chi connectivity index (χ4n) is 6.30. The van der Waals surface area contributed by atoms with Crippen molar-refractivity contribution in [2.45, 2.75) is 25.7 Å². The number of anilines is 1. The first kappa shape index (κ1) is 21.5. The summed E-state index contributed by atoms with van der Waals surface area (Å²) in [5.74, 6) is -3.13. The fourth-order valence-corrected chi connectivity index (χ4v) is 6.30. The van der Waals surface area contributed by atoms with Crippen molar-refractivity contribution < 1.29 is 24.3 Å². The number of carbonyl (C=O) groups is 4. The number of imide groups is 1. The molecule has 0 spiro atoms. The zero-order chi connectivity index (χ0) is 24.4. The SMILES string of the molecule is CC1=CC(=O)C2=C(C[C@@H]3C(=CC[C@@H]4C(=O)N(c5ccccc5)C(=O)[C@@H]43)[C@@H]2c2ccccc2O)C1=O. The zero-order valence-electron chi connectivity index (χ0n) is 19.1. The van der Waals surface area contributed by atoms with Crippen molar-refractivity contribution in [3.05, 3.63) is 94.6 Å². The third kappa shape index (κ3) is 3.02. The molecule has 6 nitrogen and oxygen atoms in total. The Balaban J connectivity index is 1.51. The van der Waals surface area contributed by atoms with Gasteiger partial charge in [0.05, 0.1) is 17.5 Å². The Morgan fingerprint density at radius 2 is 1.60 bits per heavy atom. The van der Waals surface area contributed by atoms with Crippen molar-refractivity contribution in [1.82, 2.24) is 0 Å². The van der Waals surface area contributed by atoms with Crippen LogP contribution in [0, 0.1) is 17.8 Å². The molecular weight excluding hydrogens is 442 g/mol. The summed E-state index contributed by atoms with van der Waals surface area (Å²) >= 11 is 0. The summed E-state index contributed by atoms with van der Waals surface area (Å²) in [5.41, 5.74) is 3.03. The predicted molar refractivity (Wildman–Crippen MR) is 128 cm³/mol. The summed E-state index contributed by atoms with van der Waals surface area (Å²) < 4.78 is 0. The van der Waals surface area contributed by atoms with E-state index in [0.29, 0.717) is 34.4 Å². The van der Waals surface area contributed by atoms with Crippen LogP contribution in [-0.4, -0.2) is 28.5 Å². The molecule has 1 saturated heterocycles. The number of benzene rings is 2. The lowest BCUT2D eigenvalue weighted by Crippen LogP contribution is -2.39. The third-order valence-electron chi connectivity index (χ3n) is 7.82. The van der Waals surface area contributed by atoms with Crippen LogP contribution in [0.25, 0.3) is 0 Å². The zero-order valence-corrected chi connectivity index (χ0v) is 19.1. The number of amides is 2. The van der Waals surface area contributed by atoms with Gasteiger partial charge in [0.2, 0.25) is 11.8 Å². The normalized spacial score (nSPS) is 27.9. The lowest BCUT2D eigenvalue weighted by Gasteiger charge is -2.42. The molecule has 35 heavy (non-hydrogen) atoms. The summed E-state index contributed by atoms with van der Waals surface area (Å²) in [7, 11) is 0. The minimum Gasteiger partial charge on any atom is -0.508 e. The second kappa shape index (κ2) is 7.73. The van der Waals surface area contributed by atoms with Gasteiger partial charge in [0, 0.05) is 28.2 Å². The number of phenolic OH excluding ortho intramolecular Hbond substituents is 1. The Hall–Kier alpha value is -4.06. The minimum absolute atomic E-state index is 0.0271. The Morgan fingerprint density at radius 3 is 2.34 bits per heavy atom. The van der Waals surface area contributed by atoms with Gasteiger partial charge in [0.25, 0.3) is 0 Å². The predicted octanol–water partition coefficient (Wildman–Crippen LogP) is 4.03. The number of rotatable bonds is 2. The highest BCUT2D eigenvalue weighted by Gasteiger charge is 2.56. The number of hydrogen-bond donors (Lipinski definition) is 1. The third-order valence-corrected chi connectivity index (χ3v) is 7.82. The van der Waals surface area contributed by atoms with Crippen LogP contribution in [-0.2, 0) is 19.2 Å². The largest absolute Gasteiger partial charge is 0.508 e. The number of nitrogens with zero attached hydrogens (tertiary/aromatic N) is 1. The maximum absolute atomic E-state index is 13.7. The number of phenols is 1. The first-order chi connectivity index (χ1) is 16.9. The lowest BCUT2D eigenvalue weighted by molar-refractivity contribution is -0.123. The highest BCUT2D eigenvalue weighted by molar-refractivity contribution is 6.25. The Bertz CT molecular complexity index is 1410. The molecule has 1 N–H and O–H groups in total. The summed E-state index contributed by atoms with van der Waals surface area (Å²) in [6, 6.07) is 15.7. The van der Waals surface area contributed by atoms with E-state index in [4.69, 9.17) is 0 Å². The summed E-state index contributed by atoms with van der Waals surface area (Å²) in [6.45, 7) is 1.62. The average molecular weight is 466 g/mol. The van der Waals surface area contributed by atoms with E-state index in [0.717, 1.165) is 5.57 Å². The topological polar surface area (TPSA) is 91.8 Å². The first-order valence-electron chi connectivity index (χ1n) is 11.8. The fraction of sp³-hybridized carbons (Fsp3) is 0.241. The van der Waals surface area contributed by atoms with Gasteiger partial charge in [-0.25, -0.2) is 0 Å².